The third-order valence-electron chi connectivity index (χ3n) is 3.01. The SMILES string of the molecule is O=C(Nc1cccc(C2=NCCN2)c1)c1ccncc1. The molecule has 2 N–H and O–H groups in total. The summed E-state index contributed by atoms with van der Waals surface area (Å²) in [6.45, 7) is 1.66. The van der Waals surface area contributed by atoms with Crippen LogP contribution in [0.4, 0.5) is 5.69 Å². The molecule has 5 heteroatoms. The maximum absolute atomic E-state index is 12.1. The zero-order valence-corrected chi connectivity index (χ0v) is 10.8. The molecule has 0 atom stereocenters. The van der Waals surface area contributed by atoms with Gasteiger partial charge in [-0.25, -0.2) is 0 Å². The lowest BCUT2D eigenvalue weighted by Gasteiger charge is -2.08. The normalized spacial score (nSPS) is 13.5. The second-order valence-electron chi connectivity index (χ2n) is 4.43. The van der Waals surface area contributed by atoms with Crippen molar-refractivity contribution in [1.29, 1.82) is 0 Å². The molecule has 100 valence electrons. The number of hydrogen-bond acceptors (Lipinski definition) is 4. The van der Waals surface area contributed by atoms with Crippen LogP contribution in [-0.4, -0.2) is 29.8 Å². The summed E-state index contributed by atoms with van der Waals surface area (Å²) in [5.41, 5.74) is 2.32. The Morgan fingerprint density at radius 1 is 1.20 bits per heavy atom. The minimum atomic E-state index is -0.147. The van der Waals surface area contributed by atoms with Gasteiger partial charge < -0.3 is 10.6 Å². The van der Waals surface area contributed by atoms with Gasteiger partial charge >= 0.3 is 0 Å². The number of aliphatic imine (C=N–C) groups is 1. The zero-order valence-electron chi connectivity index (χ0n) is 10.8. The Morgan fingerprint density at radius 3 is 2.80 bits per heavy atom. The first kappa shape index (κ1) is 12.3. The summed E-state index contributed by atoms with van der Waals surface area (Å²) < 4.78 is 0. The quantitative estimate of drug-likeness (QED) is 0.888. The van der Waals surface area contributed by atoms with E-state index >= 15 is 0 Å². The first-order valence-electron chi connectivity index (χ1n) is 6.43. The van der Waals surface area contributed by atoms with Crippen molar-refractivity contribution in [1.82, 2.24) is 10.3 Å². The van der Waals surface area contributed by atoms with Gasteiger partial charge in [0.2, 0.25) is 0 Å². The molecule has 0 bridgehead atoms. The first-order chi connectivity index (χ1) is 9.83. The molecule has 0 aliphatic carbocycles. The lowest BCUT2D eigenvalue weighted by atomic mass is 10.1. The number of rotatable bonds is 3. The fourth-order valence-corrected chi connectivity index (χ4v) is 2.04. The van der Waals surface area contributed by atoms with E-state index in [1.807, 2.05) is 24.3 Å². The summed E-state index contributed by atoms with van der Waals surface area (Å²) in [5.74, 6) is 0.732. The minimum absolute atomic E-state index is 0.147. The highest BCUT2D eigenvalue weighted by atomic mass is 16.1. The molecule has 20 heavy (non-hydrogen) atoms. The van der Waals surface area contributed by atoms with Crippen LogP contribution in [0.25, 0.3) is 0 Å². The van der Waals surface area contributed by atoms with Crippen LogP contribution in [0.2, 0.25) is 0 Å². The van der Waals surface area contributed by atoms with Gasteiger partial charge in [-0.05, 0) is 24.3 Å². The van der Waals surface area contributed by atoms with E-state index in [0.717, 1.165) is 30.2 Å². The van der Waals surface area contributed by atoms with E-state index in [0.29, 0.717) is 5.56 Å². The Kier molecular flexibility index (Phi) is 3.41. The average molecular weight is 266 g/mol. The number of pyridine rings is 1. The highest BCUT2D eigenvalue weighted by Gasteiger charge is 2.10. The molecule has 0 spiro atoms. The van der Waals surface area contributed by atoms with Gasteiger partial charge in [-0.2, -0.15) is 0 Å². The smallest absolute Gasteiger partial charge is 0.255 e. The van der Waals surface area contributed by atoms with Crippen molar-refractivity contribution in [3.63, 3.8) is 0 Å². The molecule has 5 nitrogen and oxygen atoms in total. The van der Waals surface area contributed by atoms with Crippen LogP contribution in [0, 0.1) is 0 Å². The molecule has 0 radical (unpaired) electrons. The summed E-state index contributed by atoms with van der Waals surface area (Å²) in [6.07, 6.45) is 3.20. The first-order valence-corrected chi connectivity index (χ1v) is 6.43. The predicted octanol–water partition coefficient (Wildman–Crippen LogP) is 1.68. The highest BCUT2D eigenvalue weighted by Crippen LogP contribution is 2.13. The minimum Gasteiger partial charge on any atom is -0.368 e. The number of aromatic nitrogens is 1. The van der Waals surface area contributed by atoms with Crippen LogP contribution in [0.1, 0.15) is 15.9 Å². The summed E-state index contributed by atoms with van der Waals surface area (Å²) in [4.78, 5) is 20.3. The van der Waals surface area contributed by atoms with Crippen molar-refractivity contribution in [2.75, 3.05) is 18.4 Å². The molecule has 2 heterocycles. The Labute approximate surface area is 116 Å². The third kappa shape index (κ3) is 2.66. The van der Waals surface area contributed by atoms with Gasteiger partial charge in [-0.1, -0.05) is 12.1 Å². The molecule has 1 aliphatic heterocycles. The van der Waals surface area contributed by atoms with Gasteiger partial charge in [-0.15, -0.1) is 0 Å². The van der Waals surface area contributed by atoms with Gasteiger partial charge in [0.15, 0.2) is 0 Å². The molecule has 1 aromatic carbocycles. The molecule has 1 aliphatic rings. The number of carbonyl (C=O) groups excluding carboxylic acids is 1. The molecule has 1 amide bonds. The number of hydrogen-bond donors (Lipinski definition) is 2. The number of benzene rings is 1. The summed E-state index contributed by atoms with van der Waals surface area (Å²) >= 11 is 0. The molecular weight excluding hydrogens is 252 g/mol. The number of anilines is 1. The zero-order chi connectivity index (χ0) is 13.8. The number of nitrogens with zero attached hydrogens (tertiary/aromatic N) is 2. The van der Waals surface area contributed by atoms with Gasteiger partial charge in [0.25, 0.3) is 5.91 Å². The second-order valence-corrected chi connectivity index (χ2v) is 4.43. The van der Waals surface area contributed by atoms with E-state index in [9.17, 15) is 4.79 Å². The highest BCUT2D eigenvalue weighted by molar-refractivity contribution is 6.05. The predicted molar refractivity (Wildman–Crippen MR) is 78.0 cm³/mol. The molecule has 0 saturated carbocycles. The van der Waals surface area contributed by atoms with Gasteiger partial charge in [-0.3, -0.25) is 14.8 Å². The van der Waals surface area contributed by atoms with E-state index in [-0.39, 0.29) is 5.91 Å². The fourth-order valence-electron chi connectivity index (χ4n) is 2.04. The number of carbonyl (C=O) groups is 1. The molecule has 0 unspecified atom stereocenters. The fraction of sp³-hybridized carbons (Fsp3) is 0.133. The van der Waals surface area contributed by atoms with E-state index in [1.54, 1.807) is 24.5 Å². The van der Waals surface area contributed by atoms with Crippen molar-refractivity contribution in [3.05, 3.63) is 59.9 Å². The van der Waals surface area contributed by atoms with E-state index in [2.05, 4.69) is 20.6 Å². The summed E-state index contributed by atoms with van der Waals surface area (Å²) in [5, 5.41) is 6.09. The van der Waals surface area contributed by atoms with Gasteiger partial charge in [0, 0.05) is 35.8 Å². The average Bonchev–Trinajstić information content (AvgIpc) is 3.03. The number of amidine groups is 1. The Hall–Kier alpha value is -2.69. The number of nitrogens with one attached hydrogen (secondary N) is 2. The van der Waals surface area contributed by atoms with Crippen LogP contribution in [0.15, 0.2) is 53.8 Å². The van der Waals surface area contributed by atoms with E-state index < -0.39 is 0 Å². The lowest BCUT2D eigenvalue weighted by Crippen LogP contribution is -2.19. The van der Waals surface area contributed by atoms with Gasteiger partial charge in [0.05, 0.1) is 6.54 Å². The molecule has 3 rings (SSSR count). The van der Waals surface area contributed by atoms with Crippen LogP contribution < -0.4 is 10.6 Å². The van der Waals surface area contributed by atoms with Gasteiger partial charge in [0.1, 0.15) is 5.84 Å². The number of amides is 1. The van der Waals surface area contributed by atoms with Crippen molar-refractivity contribution >= 4 is 17.4 Å². The summed E-state index contributed by atoms with van der Waals surface area (Å²) in [7, 11) is 0. The molecule has 0 fully saturated rings. The summed E-state index contributed by atoms with van der Waals surface area (Å²) in [6, 6.07) is 11.0. The Bertz CT molecular complexity index is 652. The molecule has 1 aromatic heterocycles. The van der Waals surface area contributed by atoms with Crippen LogP contribution in [0.3, 0.4) is 0 Å². The monoisotopic (exact) mass is 266 g/mol. The van der Waals surface area contributed by atoms with Crippen LogP contribution in [0.5, 0.6) is 0 Å². The molecule has 2 aromatic rings. The van der Waals surface area contributed by atoms with E-state index in [1.165, 1.54) is 0 Å². The molecular formula is C15H14N4O. The van der Waals surface area contributed by atoms with Crippen molar-refractivity contribution in [2.24, 2.45) is 4.99 Å². The second kappa shape index (κ2) is 5.52. The van der Waals surface area contributed by atoms with Crippen molar-refractivity contribution in [2.45, 2.75) is 0 Å². The maximum Gasteiger partial charge on any atom is 0.255 e. The largest absolute Gasteiger partial charge is 0.368 e. The Morgan fingerprint density at radius 2 is 2.05 bits per heavy atom. The standard InChI is InChI=1S/C15H14N4O/c20-15(11-4-6-16-7-5-11)19-13-3-1-2-12(10-13)14-17-8-9-18-14/h1-7,10H,8-9H2,(H,17,18)(H,19,20). The topological polar surface area (TPSA) is 66.4 Å². The van der Waals surface area contributed by atoms with Crippen molar-refractivity contribution in [3.8, 4) is 0 Å². The van der Waals surface area contributed by atoms with Crippen LogP contribution in [-0.2, 0) is 0 Å². The maximum atomic E-state index is 12.1. The Balaban J connectivity index is 1.78. The van der Waals surface area contributed by atoms with Crippen LogP contribution >= 0.6 is 0 Å². The lowest BCUT2D eigenvalue weighted by molar-refractivity contribution is 0.102. The molecule has 0 saturated heterocycles. The van der Waals surface area contributed by atoms with E-state index in [4.69, 9.17) is 0 Å². The third-order valence-corrected chi connectivity index (χ3v) is 3.01. The van der Waals surface area contributed by atoms with Crippen molar-refractivity contribution < 1.29 is 4.79 Å².